The van der Waals surface area contributed by atoms with Crippen molar-refractivity contribution in [3.8, 4) is 6.07 Å². The summed E-state index contributed by atoms with van der Waals surface area (Å²) in [6.07, 6.45) is 0. The molecule has 0 fully saturated rings. The van der Waals surface area contributed by atoms with Crippen molar-refractivity contribution in [3.63, 3.8) is 0 Å². The lowest BCUT2D eigenvalue weighted by molar-refractivity contribution is -0.431. The van der Waals surface area contributed by atoms with E-state index < -0.39 is 16.8 Å². The quantitative estimate of drug-likeness (QED) is 0.652. The largest absolute Gasteiger partial charge is 0.478 e. The van der Waals surface area contributed by atoms with Crippen LogP contribution in [0, 0.1) is 21.4 Å². The van der Waals surface area contributed by atoms with Crippen LogP contribution >= 0.6 is 0 Å². The smallest absolute Gasteiger partial charge is 0.334 e. The van der Waals surface area contributed by atoms with Gasteiger partial charge in [0.2, 0.25) is 0 Å². The molecule has 1 aliphatic heterocycles. The molecule has 0 saturated carbocycles. The molecule has 22 heavy (non-hydrogen) atoms. The maximum Gasteiger partial charge on any atom is 0.334 e. The van der Waals surface area contributed by atoms with Gasteiger partial charge in [-0.25, -0.2) is 4.79 Å². The zero-order valence-electron chi connectivity index (χ0n) is 12.0. The molecule has 1 atom stereocenters. The number of nitrogens with zero attached hydrogens (tertiary/aromatic N) is 2. The highest BCUT2D eigenvalue weighted by atomic mass is 16.6. The summed E-state index contributed by atoms with van der Waals surface area (Å²) in [6.45, 7) is 3.09. The van der Waals surface area contributed by atoms with Gasteiger partial charge in [-0.2, -0.15) is 5.26 Å². The van der Waals surface area contributed by atoms with Gasteiger partial charge in [-0.3, -0.25) is 10.1 Å². The summed E-state index contributed by atoms with van der Waals surface area (Å²) >= 11 is 0. The summed E-state index contributed by atoms with van der Waals surface area (Å²) in [6, 6.07) is 8.15. The van der Waals surface area contributed by atoms with Crippen LogP contribution in [0.25, 0.3) is 0 Å². The molecule has 0 spiro atoms. The normalized spacial score (nSPS) is 17.8. The molecule has 1 aromatic carbocycles. The van der Waals surface area contributed by atoms with Gasteiger partial charge in [-0.15, -0.1) is 0 Å². The average Bonchev–Trinajstić information content (AvgIpc) is 2.45. The van der Waals surface area contributed by atoms with E-state index in [1.54, 1.807) is 25.1 Å². The van der Waals surface area contributed by atoms with Crippen LogP contribution in [-0.2, 0) is 4.79 Å². The monoisotopic (exact) mass is 299 g/mol. The van der Waals surface area contributed by atoms with Crippen LogP contribution < -0.4 is 5.32 Å². The number of aliphatic carboxylic acids is 1. The minimum Gasteiger partial charge on any atom is -0.478 e. The Morgan fingerprint density at radius 1 is 1.41 bits per heavy atom. The van der Waals surface area contributed by atoms with Crippen molar-refractivity contribution in [1.82, 2.24) is 5.32 Å². The van der Waals surface area contributed by atoms with Crippen molar-refractivity contribution in [1.29, 1.82) is 5.26 Å². The van der Waals surface area contributed by atoms with Crippen molar-refractivity contribution in [2.24, 2.45) is 0 Å². The first-order valence-corrected chi connectivity index (χ1v) is 6.43. The van der Waals surface area contributed by atoms with E-state index in [-0.39, 0.29) is 11.3 Å². The molecule has 0 aliphatic carbocycles. The van der Waals surface area contributed by atoms with Crippen LogP contribution in [0.5, 0.6) is 0 Å². The number of allylic oxidation sites excluding steroid dienone is 3. The molecule has 7 nitrogen and oxygen atoms in total. The van der Waals surface area contributed by atoms with E-state index in [0.29, 0.717) is 22.5 Å². The number of dihydropyridines is 1. The molecule has 0 saturated heterocycles. The first-order valence-electron chi connectivity index (χ1n) is 6.43. The second kappa shape index (κ2) is 5.69. The SMILES string of the molecule is CC1=C(C(=O)O)C(c2cccc(C#N)c2)C([N+](=O)[O-])=C(C)N1. The Hall–Kier alpha value is -3.14. The second-order valence-corrected chi connectivity index (χ2v) is 4.91. The van der Waals surface area contributed by atoms with Crippen molar-refractivity contribution < 1.29 is 14.8 Å². The van der Waals surface area contributed by atoms with Crippen molar-refractivity contribution in [2.75, 3.05) is 0 Å². The molecule has 0 radical (unpaired) electrons. The molecule has 0 amide bonds. The van der Waals surface area contributed by atoms with Crippen LogP contribution in [0.1, 0.15) is 30.9 Å². The van der Waals surface area contributed by atoms with Crippen LogP contribution in [-0.4, -0.2) is 16.0 Å². The fraction of sp³-hybridized carbons (Fsp3) is 0.200. The zero-order chi connectivity index (χ0) is 16.4. The molecule has 2 N–H and O–H groups in total. The molecule has 0 bridgehead atoms. The fourth-order valence-electron chi connectivity index (χ4n) is 2.62. The van der Waals surface area contributed by atoms with Crippen molar-refractivity contribution >= 4 is 5.97 Å². The Bertz CT molecular complexity index is 735. The lowest BCUT2D eigenvalue weighted by Crippen LogP contribution is -2.30. The number of nitrogens with one attached hydrogen (secondary N) is 1. The molecular formula is C15H13N3O4. The van der Waals surface area contributed by atoms with Crippen molar-refractivity contribution in [2.45, 2.75) is 19.8 Å². The van der Waals surface area contributed by atoms with Gasteiger partial charge in [0, 0.05) is 5.70 Å². The van der Waals surface area contributed by atoms with Gasteiger partial charge in [0.15, 0.2) is 0 Å². The first kappa shape index (κ1) is 15.3. The minimum absolute atomic E-state index is 0.0904. The molecule has 1 aromatic rings. The van der Waals surface area contributed by atoms with E-state index in [0.717, 1.165) is 0 Å². The van der Waals surface area contributed by atoms with Crippen molar-refractivity contribution in [3.05, 3.63) is 68.2 Å². The van der Waals surface area contributed by atoms with E-state index in [9.17, 15) is 20.0 Å². The molecular weight excluding hydrogens is 286 g/mol. The summed E-state index contributed by atoms with van der Waals surface area (Å²) in [5.41, 5.74) is 1.05. The first-order chi connectivity index (χ1) is 10.4. The van der Waals surface area contributed by atoms with E-state index in [1.807, 2.05) is 6.07 Å². The number of hydrogen-bond acceptors (Lipinski definition) is 5. The third-order valence-corrected chi connectivity index (χ3v) is 3.50. The highest BCUT2D eigenvalue weighted by Gasteiger charge is 2.40. The van der Waals surface area contributed by atoms with Gasteiger partial charge >= 0.3 is 5.97 Å². The molecule has 112 valence electrons. The number of carboxylic acid groups (broad SMARTS) is 1. The highest BCUT2D eigenvalue weighted by Crippen LogP contribution is 2.38. The number of nitriles is 1. The predicted molar refractivity (Wildman–Crippen MR) is 77.1 cm³/mol. The molecule has 0 aromatic heterocycles. The van der Waals surface area contributed by atoms with Gasteiger partial charge in [0.25, 0.3) is 5.70 Å². The van der Waals surface area contributed by atoms with Gasteiger partial charge in [-0.05, 0) is 31.5 Å². The standard InChI is InChI=1S/C15H13N3O4/c1-8-12(15(19)20)13(14(18(21)22)9(2)17-8)11-5-3-4-10(6-11)7-16/h3-6,13,17H,1-2H3,(H,19,20). The van der Waals surface area contributed by atoms with Gasteiger partial charge in [-0.1, -0.05) is 12.1 Å². The summed E-state index contributed by atoms with van der Waals surface area (Å²) in [5.74, 6) is -2.26. The maximum absolute atomic E-state index is 11.6. The highest BCUT2D eigenvalue weighted by molar-refractivity contribution is 5.90. The Labute approximate surface area is 126 Å². The molecule has 1 heterocycles. The van der Waals surface area contributed by atoms with Gasteiger partial charge < -0.3 is 10.4 Å². The third kappa shape index (κ3) is 2.54. The van der Waals surface area contributed by atoms with Crippen LogP contribution in [0.2, 0.25) is 0 Å². The average molecular weight is 299 g/mol. The van der Waals surface area contributed by atoms with E-state index in [1.165, 1.54) is 13.0 Å². The van der Waals surface area contributed by atoms with E-state index >= 15 is 0 Å². The third-order valence-electron chi connectivity index (χ3n) is 3.50. The Morgan fingerprint density at radius 2 is 2.09 bits per heavy atom. The van der Waals surface area contributed by atoms with Crippen LogP contribution in [0.4, 0.5) is 0 Å². The minimum atomic E-state index is -1.23. The molecule has 7 heteroatoms. The Kier molecular flexibility index (Phi) is 3.95. The van der Waals surface area contributed by atoms with Crippen LogP contribution in [0.3, 0.4) is 0 Å². The lowest BCUT2D eigenvalue weighted by atomic mass is 9.83. The number of carbonyl (C=O) groups is 1. The Morgan fingerprint density at radius 3 is 2.64 bits per heavy atom. The second-order valence-electron chi connectivity index (χ2n) is 4.91. The number of rotatable bonds is 3. The summed E-state index contributed by atoms with van der Waals surface area (Å²) < 4.78 is 0. The lowest BCUT2D eigenvalue weighted by Gasteiger charge is -2.25. The topological polar surface area (TPSA) is 116 Å². The van der Waals surface area contributed by atoms with E-state index in [2.05, 4.69) is 5.32 Å². The fourth-order valence-corrected chi connectivity index (χ4v) is 2.62. The maximum atomic E-state index is 11.6. The summed E-state index contributed by atoms with van der Waals surface area (Å²) in [4.78, 5) is 22.4. The van der Waals surface area contributed by atoms with Gasteiger partial charge in [0.1, 0.15) is 5.92 Å². The summed E-state index contributed by atoms with van der Waals surface area (Å²) in [5, 5.41) is 32.6. The number of nitro groups is 1. The number of benzene rings is 1. The molecule has 1 unspecified atom stereocenters. The zero-order valence-corrected chi connectivity index (χ0v) is 12.0. The number of hydrogen-bond donors (Lipinski definition) is 2. The Balaban J connectivity index is 2.72. The van der Waals surface area contributed by atoms with Gasteiger partial charge in [0.05, 0.1) is 27.8 Å². The molecule has 2 rings (SSSR count). The predicted octanol–water partition coefficient (Wildman–Crippen LogP) is 2.11. The number of carboxylic acids is 1. The van der Waals surface area contributed by atoms with Crippen LogP contribution in [0.15, 0.2) is 46.9 Å². The van der Waals surface area contributed by atoms with E-state index in [4.69, 9.17) is 5.26 Å². The molecule has 1 aliphatic rings. The summed E-state index contributed by atoms with van der Waals surface area (Å²) in [7, 11) is 0.